The molecule has 7 nitrogen and oxygen atoms in total. The van der Waals surface area contributed by atoms with Crippen LogP contribution in [0.1, 0.15) is 21.5 Å². The highest BCUT2D eigenvalue weighted by Crippen LogP contribution is 2.33. The number of nitrogens with one attached hydrogen (secondary N) is 2. The Kier molecular flexibility index (Phi) is 8.67. The number of hydrazone groups is 1. The van der Waals surface area contributed by atoms with Crippen LogP contribution >= 0.6 is 34.2 Å². The molecule has 2 amide bonds. The van der Waals surface area contributed by atoms with Gasteiger partial charge in [0.1, 0.15) is 0 Å². The maximum atomic E-state index is 12.3. The lowest BCUT2D eigenvalue weighted by molar-refractivity contribution is -0.118. The normalized spacial score (nSPS) is 10.7. The molecule has 0 fully saturated rings. The van der Waals surface area contributed by atoms with E-state index >= 15 is 0 Å². The second-order valence-electron chi connectivity index (χ2n) is 6.89. The topological polar surface area (TPSA) is 89.0 Å². The van der Waals surface area contributed by atoms with E-state index < -0.39 is 0 Å². The number of aryl methyl sites for hydroxylation is 1. The Hall–Kier alpha value is -3.11. The average Bonchev–Trinajstić information content (AvgIpc) is 2.80. The van der Waals surface area contributed by atoms with E-state index in [0.29, 0.717) is 27.6 Å². The first-order valence-electron chi connectivity index (χ1n) is 9.82. The van der Waals surface area contributed by atoms with Crippen LogP contribution in [0.4, 0.5) is 5.69 Å². The molecular formula is C24H21ClIN3O4. The second-order valence-corrected chi connectivity index (χ2v) is 8.49. The van der Waals surface area contributed by atoms with Gasteiger partial charge in [0.25, 0.3) is 11.8 Å². The summed E-state index contributed by atoms with van der Waals surface area (Å²) in [7, 11) is 1.51. The van der Waals surface area contributed by atoms with Gasteiger partial charge < -0.3 is 14.8 Å². The van der Waals surface area contributed by atoms with E-state index in [4.69, 9.17) is 21.1 Å². The number of ether oxygens (including phenoxy) is 2. The number of rotatable bonds is 8. The van der Waals surface area contributed by atoms with E-state index in [1.54, 1.807) is 36.4 Å². The quantitative estimate of drug-likeness (QED) is 0.223. The van der Waals surface area contributed by atoms with Crippen LogP contribution in [0.2, 0.25) is 5.02 Å². The van der Waals surface area contributed by atoms with Crippen molar-refractivity contribution in [2.45, 2.75) is 6.92 Å². The van der Waals surface area contributed by atoms with Crippen LogP contribution in [0.3, 0.4) is 0 Å². The molecule has 0 saturated carbocycles. The molecule has 33 heavy (non-hydrogen) atoms. The molecule has 0 spiro atoms. The molecule has 3 aromatic rings. The smallest absolute Gasteiger partial charge is 0.271 e. The minimum Gasteiger partial charge on any atom is -0.493 e. The third kappa shape index (κ3) is 6.93. The summed E-state index contributed by atoms with van der Waals surface area (Å²) in [6.07, 6.45) is 1.49. The van der Waals surface area contributed by atoms with Gasteiger partial charge in [-0.2, -0.15) is 5.10 Å². The molecule has 0 saturated heterocycles. The van der Waals surface area contributed by atoms with Crippen LogP contribution in [0.25, 0.3) is 0 Å². The average molecular weight is 578 g/mol. The predicted octanol–water partition coefficient (Wildman–Crippen LogP) is 5.04. The van der Waals surface area contributed by atoms with E-state index in [1.807, 2.05) is 31.2 Å². The molecule has 3 rings (SSSR count). The van der Waals surface area contributed by atoms with Crippen LogP contribution in [0.15, 0.2) is 65.8 Å². The highest BCUT2D eigenvalue weighted by atomic mass is 127. The zero-order valence-electron chi connectivity index (χ0n) is 17.9. The number of carbonyl (C=O) groups excluding carboxylic acids is 2. The Labute approximate surface area is 210 Å². The summed E-state index contributed by atoms with van der Waals surface area (Å²) in [5.41, 5.74) is 5.29. The number of methoxy groups -OCH3 is 1. The summed E-state index contributed by atoms with van der Waals surface area (Å²) in [5, 5.41) is 7.37. The first-order valence-corrected chi connectivity index (χ1v) is 11.3. The number of nitrogens with zero attached hydrogens (tertiary/aromatic N) is 1. The second kappa shape index (κ2) is 11.7. The van der Waals surface area contributed by atoms with E-state index in [1.165, 1.54) is 13.3 Å². The monoisotopic (exact) mass is 577 g/mol. The van der Waals surface area contributed by atoms with Crippen LogP contribution in [0, 0.1) is 10.5 Å². The van der Waals surface area contributed by atoms with E-state index in [9.17, 15) is 9.59 Å². The van der Waals surface area contributed by atoms with Crippen molar-refractivity contribution in [3.05, 3.63) is 85.9 Å². The molecule has 0 aliphatic carbocycles. The Morgan fingerprint density at radius 2 is 1.85 bits per heavy atom. The van der Waals surface area contributed by atoms with Crippen LogP contribution in [-0.2, 0) is 4.79 Å². The van der Waals surface area contributed by atoms with Crippen molar-refractivity contribution in [3.8, 4) is 11.5 Å². The lowest BCUT2D eigenvalue weighted by Crippen LogP contribution is -2.21. The number of anilines is 1. The van der Waals surface area contributed by atoms with Gasteiger partial charge >= 0.3 is 0 Å². The molecule has 0 unspecified atom stereocenters. The maximum Gasteiger partial charge on any atom is 0.271 e. The molecule has 0 aromatic heterocycles. The largest absolute Gasteiger partial charge is 0.493 e. The molecule has 170 valence electrons. The summed E-state index contributed by atoms with van der Waals surface area (Å²) in [6, 6.07) is 17.5. The first kappa shape index (κ1) is 24.5. The third-order valence-corrected chi connectivity index (χ3v) is 5.56. The zero-order chi connectivity index (χ0) is 23.8. The van der Waals surface area contributed by atoms with Gasteiger partial charge in [0.05, 0.1) is 16.9 Å². The fourth-order valence-corrected chi connectivity index (χ4v) is 3.73. The third-order valence-electron chi connectivity index (χ3n) is 4.50. The fourth-order valence-electron chi connectivity index (χ4n) is 2.82. The Morgan fingerprint density at radius 3 is 2.55 bits per heavy atom. The number of carbonyl (C=O) groups is 2. The molecule has 0 aliphatic rings. The number of hydrogen-bond donors (Lipinski definition) is 2. The maximum absolute atomic E-state index is 12.3. The van der Waals surface area contributed by atoms with E-state index in [0.717, 1.165) is 14.8 Å². The van der Waals surface area contributed by atoms with Gasteiger partial charge in [0, 0.05) is 16.3 Å². The zero-order valence-corrected chi connectivity index (χ0v) is 20.8. The minimum absolute atomic E-state index is 0.175. The molecule has 0 atom stereocenters. The number of benzene rings is 3. The van der Waals surface area contributed by atoms with Gasteiger partial charge in [-0.3, -0.25) is 9.59 Å². The van der Waals surface area contributed by atoms with Crippen LogP contribution < -0.4 is 20.2 Å². The van der Waals surface area contributed by atoms with Crippen molar-refractivity contribution in [2.24, 2.45) is 5.10 Å². The van der Waals surface area contributed by atoms with Gasteiger partial charge in [0.2, 0.25) is 0 Å². The minimum atomic E-state index is -0.357. The Balaban J connectivity index is 1.63. The summed E-state index contributed by atoms with van der Waals surface area (Å²) in [6.45, 7) is 1.74. The number of para-hydroxylation sites is 1. The van der Waals surface area contributed by atoms with Crippen LogP contribution in [-0.4, -0.2) is 31.7 Å². The van der Waals surface area contributed by atoms with Crippen molar-refractivity contribution in [2.75, 3.05) is 19.0 Å². The fraction of sp³-hybridized carbons (Fsp3) is 0.125. The molecule has 0 heterocycles. The van der Waals surface area contributed by atoms with Crippen molar-refractivity contribution < 1.29 is 19.1 Å². The number of amides is 2. The summed E-state index contributed by atoms with van der Waals surface area (Å²) in [5.74, 6) is 0.248. The van der Waals surface area contributed by atoms with Crippen molar-refractivity contribution >= 4 is 57.9 Å². The number of halogens is 2. The molecule has 0 aliphatic heterocycles. The lowest BCUT2D eigenvalue weighted by atomic mass is 10.2. The van der Waals surface area contributed by atoms with Gasteiger partial charge in [-0.1, -0.05) is 29.8 Å². The molecule has 2 N–H and O–H groups in total. The van der Waals surface area contributed by atoms with Crippen molar-refractivity contribution in [1.82, 2.24) is 5.43 Å². The van der Waals surface area contributed by atoms with Gasteiger partial charge in [-0.05, 0) is 83.1 Å². The van der Waals surface area contributed by atoms with Crippen molar-refractivity contribution in [3.63, 3.8) is 0 Å². The molecule has 0 bridgehead atoms. The van der Waals surface area contributed by atoms with Crippen LogP contribution in [0.5, 0.6) is 11.5 Å². The predicted molar refractivity (Wildman–Crippen MR) is 138 cm³/mol. The Morgan fingerprint density at radius 1 is 1.12 bits per heavy atom. The molecular weight excluding hydrogens is 557 g/mol. The Bertz CT molecular complexity index is 1180. The standard InChI is InChI=1S/C24H21ClIN3O4/c1-15-5-3-4-6-20(15)28-22(30)14-33-23-19(26)11-16(12-21(23)32-2)13-27-29-24(31)17-7-9-18(25)10-8-17/h3-13H,14H2,1-2H3,(H,28,30)(H,29,31)/b27-13+. The first-order chi connectivity index (χ1) is 15.9. The summed E-state index contributed by atoms with van der Waals surface area (Å²) < 4.78 is 11.9. The number of hydrogen-bond acceptors (Lipinski definition) is 5. The molecule has 3 aromatic carbocycles. The van der Waals surface area contributed by atoms with Crippen molar-refractivity contribution in [1.29, 1.82) is 0 Å². The van der Waals surface area contributed by atoms with E-state index in [-0.39, 0.29) is 18.4 Å². The SMILES string of the molecule is COc1cc(/C=N/NC(=O)c2ccc(Cl)cc2)cc(I)c1OCC(=O)Nc1ccccc1C. The highest BCUT2D eigenvalue weighted by Gasteiger charge is 2.14. The summed E-state index contributed by atoms with van der Waals surface area (Å²) in [4.78, 5) is 24.4. The summed E-state index contributed by atoms with van der Waals surface area (Å²) >= 11 is 7.92. The molecule has 9 heteroatoms. The van der Waals surface area contributed by atoms with Gasteiger partial charge in [0.15, 0.2) is 18.1 Å². The van der Waals surface area contributed by atoms with Gasteiger partial charge in [-0.25, -0.2) is 5.43 Å². The molecule has 0 radical (unpaired) electrons. The van der Waals surface area contributed by atoms with E-state index in [2.05, 4.69) is 38.4 Å². The highest BCUT2D eigenvalue weighted by molar-refractivity contribution is 14.1. The lowest BCUT2D eigenvalue weighted by Gasteiger charge is -2.14. The van der Waals surface area contributed by atoms with Gasteiger partial charge in [-0.15, -0.1) is 0 Å².